The summed E-state index contributed by atoms with van der Waals surface area (Å²) in [6, 6.07) is 7.86. The lowest BCUT2D eigenvalue weighted by molar-refractivity contribution is 0.601. The number of rotatable bonds is 5. The molecule has 0 fully saturated rings. The molecule has 0 saturated heterocycles. The van der Waals surface area contributed by atoms with Crippen molar-refractivity contribution in [1.82, 2.24) is 15.0 Å². The molecule has 102 valence electrons. The first kappa shape index (κ1) is 12.6. The maximum Gasteiger partial charge on any atom is 0.181 e. The maximum absolute atomic E-state index is 5.51. The number of nitrogens with one attached hydrogen (secondary N) is 1. The second-order valence-corrected chi connectivity index (χ2v) is 4.39. The fourth-order valence-electron chi connectivity index (χ4n) is 1.99. The molecule has 2 aromatic heterocycles. The molecule has 6 heteroatoms. The van der Waals surface area contributed by atoms with Crippen LogP contribution < -0.4 is 11.1 Å². The Balaban J connectivity index is 1.61. The average molecular weight is 269 g/mol. The van der Waals surface area contributed by atoms with E-state index in [0.29, 0.717) is 12.4 Å². The number of hydrogen-bond donors (Lipinski definition) is 2. The molecule has 1 aromatic carbocycles. The number of nitrogens with zero attached hydrogens (tertiary/aromatic N) is 3. The SMILES string of the molecule is NCc1nccc(NCCc2ccc3ncoc3c2)n1. The van der Waals surface area contributed by atoms with Crippen LogP contribution in [0.15, 0.2) is 41.3 Å². The quantitative estimate of drug-likeness (QED) is 0.733. The smallest absolute Gasteiger partial charge is 0.181 e. The van der Waals surface area contributed by atoms with Crippen molar-refractivity contribution in [2.75, 3.05) is 11.9 Å². The van der Waals surface area contributed by atoms with Crippen molar-refractivity contribution in [3.05, 3.63) is 48.2 Å². The first-order chi connectivity index (χ1) is 9.85. The van der Waals surface area contributed by atoms with Crippen LogP contribution in [0, 0.1) is 0 Å². The summed E-state index contributed by atoms with van der Waals surface area (Å²) in [4.78, 5) is 12.4. The molecule has 3 rings (SSSR count). The van der Waals surface area contributed by atoms with Crippen molar-refractivity contribution < 1.29 is 4.42 Å². The Morgan fingerprint density at radius 1 is 1.20 bits per heavy atom. The lowest BCUT2D eigenvalue weighted by Crippen LogP contribution is -2.09. The van der Waals surface area contributed by atoms with Crippen LogP contribution in [0.25, 0.3) is 11.1 Å². The van der Waals surface area contributed by atoms with E-state index in [1.165, 1.54) is 12.0 Å². The lowest BCUT2D eigenvalue weighted by atomic mass is 10.1. The van der Waals surface area contributed by atoms with Gasteiger partial charge in [-0.25, -0.2) is 15.0 Å². The minimum absolute atomic E-state index is 0.345. The van der Waals surface area contributed by atoms with Crippen LogP contribution >= 0.6 is 0 Å². The molecule has 0 aliphatic carbocycles. The zero-order valence-corrected chi connectivity index (χ0v) is 10.9. The molecular formula is C14H15N5O. The summed E-state index contributed by atoms with van der Waals surface area (Å²) in [5.41, 5.74) is 8.40. The van der Waals surface area contributed by atoms with Gasteiger partial charge in [0.1, 0.15) is 17.2 Å². The first-order valence-electron chi connectivity index (χ1n) is 6.43. The van der Waals surface area contributed by atoms with E-state index in [-0.39, 0.29) is 0 Å². The predicted molar refractivity (Wildman–Crippen MR) is 76.1 cm³/mol. The van der Waals surface area contributed by atoms with E-state index in [4.69, 9.17) is 10.2 Å². The number of oxazole rings is 1. The van der Waals surface area contributed by atoms with E-state index in [2.05, 4.69) is 26.3 Å². The van der Waals surface area contributed by atoms with Gasteiger partial charge in [0.15, 0.2) is 12.0 Å². The van der Waals surface area contributed by atoms with E-state index in [1.807, 2.05) is 18.2 Å². The topological polar surface area (TPSA) is 89.9 Å². The molecule has 0 spiro atoms. The first-order valence-corrected chi connectivity index (χ1v) is 6.43. The van der Waals surface area contributed by atoms with Crippen LogP contribution in [0.2, 0.25) is 0 Å². The Kier molecular flexibility index (Phi) is 3.56. The Morgan fingerprint density at radius 2 is 2.15 bits per heavy atom. The standard InChI is InChI=1S/C14H15N5O/c15-8-14-17-6-4-13(19-14)16-5-3-10-1-2-11-12(7-10)20-9-18-11/h1-2,4,6-7,9H,3,5,8,15H2,(H,16,17,19). The summed E-state index contributed by atoms with van der Waals surface area (Å²) in [5, 5.41) is 3.26. The van der Waals surface area contributed by atoms with E-state index in [0.717, 1.165) is 29.9 Å². The normalized spacial score (nSPS) is 10.8. The van der Waals surface area contributed by atoms with Gasteiger partial charge in [0.2, 0.25) is 0 Å². The van der Waals surface area contributed by atoms with Crippen molar-refractivity contribution >= 4 is 16.9 Å². The van der Waals surface area contributed by atoms with Crippen LogP contribution in [-0.2, 0) is 13.0 Å². The molecule has 0 aliphatic rings. The minimum atomic E-state index is 0.345. The van der Waals surface area contributed by atoms with Gasteiger partial charge in [-0.2, -0.15) is 0 Å². The van der Waals surface area contributed by atoms with E-state index < -0.39 is 0 Å². The third-order valence-corrected chi connectivity index (χ3v) is 3.00. The molecule has 0 bridgehead atoms. The molecule has 20 heavy (non-hydrogen) atoms. The van der Waals surface area contributed by atoms with Gasteiger partial charge in [-0.15, -0.1) is 0 Å². The molecule has 0 radical (unpaired) electrons. The maximum atomic E-state index is 5.51. The van der Waals surface area contributed by atoms with Gasteiger partial charge in [0.05, 0.1) is 6.54 Å². The second-order valence-electron chi connectivity index (χ2n) is 4.39. The molecule has 3 N–H and O–H groups in total. The largest absolute Gasteiger partial charge is 0.443 e. The molecule has 0 amide bonds. The summed E-state index contributed by atoms with van der Waals surface area (Å²) in [5.74, 6) is 1.43. The third-order valence-electron chi connectivity index (χ3n) is 3.00. The van der Waals surface area contributed by atoms with Crippen LogP contribution in [-0.4, -0.2) is 21.5 Å². The Hall–Kier alpha value is -2.47. The van der Waals surface area contributed by atoms with Crippen molar-refractivity contribution in [3.8, 4) is 0 Å². The number of nitrogens with two attached hydrogens (primary N) is 1. The Labute approximate surface area is 116 Å². The van der Waals surface area contributed by atoms with Gasteiger partial charge in [-0.05, 0) is 30.2 Å². The Bertz CT molecular complexity index is 709. The highest BCUT2D eigenvalue weighted by Gasteiger charge is 2.01. The van der Waals surface area contributed by atoms with Gasteiger partial charge < -0.3 is 15.5 Å². The van der Waals surface area contributed by atoms with Gasteiger partial charge in [-0.3, -0.25) is 0 Å². The molecule has 0 unspecified atom stereocenters. The summed E-state index contributed by atoms with van der Waals surface area (Å²) >= 11 is 0. The van der Waals surface area contributed by atoms with Gasteiger partial charge in [0, 0.05) is 12.7 Å². The highest BCUT2D eigenvalue weighted by atomic mass is 16.3. The zero-order chi connectivity index (χ0) is 13.8. The summed E-state index contributed by atoms with van der Waals surface area (Å²) in [6.45, 7) is 1.12. The lowest BCUT2D eigenvalue weighted by Gasteiger charge is -2.06. The van der Waals surface area contributed by atoms with E-state index in [9.17, 15) is 0 Å². The number of anilines is 1. The Morgan fingerprint density at radius 3 is 3.05 bits per heavy atom. The highest BCUT2D eigenvalue weighted by molar-refractivity contribution is 5.72. The summed E-state index contributed by atoms with van der Waals surface area (Å²) in [6.07, 6.45) is 4.04. The van der Waals surface area contributed by atoms with Crippen LogP contribution in [0.3, 0.4) is 0 Å². The number of fused-ring (bicyclic) bond motifs is 1. The van der Waals surface area contributed by atoms with E-state index in [1.54, 1.807) is 6.20 Å². The van der Waals surface area contributed by atoms with Crippen LogP contribution in [0.5, 0.6) is 0 Å². The molecular weight excluding hydrogens is 254 g/mol. The molecule has 6 nitrogen and oxygen atoms in total. The summed E-state index contributed by atoms with van der Waals surface area (Å²) in [7, 11) is 0. The van der Waals surface area contributed by atoms with Crippen molar-refractivity contribution in [2.24, 2.45) is 5.73 Å². The van der Waals surface area contributed by atoms with E-state index >= 15 is 0 Å². The summed E-state index contributed by atoms with van der Waals surface area (Å²) < 4.78 is 5.29. The number of benzene rings is 1. The molecule has 0 atom stereocenters. The zero-order valence-electron chi connectivity index (χ0n) is 10.9. The van der Waals surface area contributed by atoms with Crippen molar-refractivity contribution in [3.63, 3.8) is 0 Å². The number of aromatic nitrogens is 3. The number of hydrogen-bond acceptors (Lipinski definition) is 6. The fraction of sp³-hybridized carbons (Fsp3) is 0.214. The molecule has 3 aromatic rings. The van der Waals surface area contributed by atoms with Crippen LogP contribution in [0.1, 0.15) is 11.4 Å². The van der Waals surface area contributed by atoms with Crippen molar-refractivity contribution in [1.29, 1.82) is 0 Å². The average Bonchev–Trinajstić information content (AvgIpc) is 2.95. The van der Waals surface area contributed by atoms with Crippen LogP contribution in [0.4, 0.5) is 5.82 Å². The second kappa shape index (κ2) is 5.66. The van der Waals surface area contributed by atoms with Gasteiger partial charge >= 0.3 is 0 Å². The minimum Gasteiger partial charge on any atom is -0.443 e. The molecule has 0 aliphatic heterocycles. The van der Waals surface area contributed by atoms with Gasteiger partial charge in [-0.1, -0.05) is 6.07 Å². The third kappa shape index (κ3) is 2.75. The van der Waals surface area contributed by atoms with Crippen molar-refractivity contribution in [2.45, 2.75) is 13.0 Å². The molecule has 0 saturated carbocycles. The molecule has 2 heterocycles. The predicted octanol–water partition coefficient (Wildman–Crippen LogP) is 1.73. The monoisotopic (exact) mass is 269 g/mol. The highest BCUT2D eigenvalue weighted by Crippen LogP contribution is 2.14. The van der Waals surface area contributed by atoms with Gasteiger partial charge in [0.25, 0.3) is 0 Å². The fourth-order valence-corrected chi connectivity index (χ4v) is 1.99.